The van der Waals surface area contributed by atoms with E-state index in [4.69, 9.17) is 0 Å². The van der Waals surface area contributed by atoms with Gasteiger partial charge in [0.05, 0.1) is 6.33 Å². The van der Waals surface area contributed by atoms with Crippen LogP contribution in [-0.4, -0.2) is 36.2 Å². The number of anilines is 3. The molecule has 0 atom stereocenters. The van der Waals surface area contributed by atoms with Crippen LogP contribution in [0.25, 0.3) is 11.2 Å². The third-order valence-corrected chi connectivity index (χ3v) is 4.52. The van der Waals surface area contributed by atoms with Crippen LogP contribution in [0.4, 0.5) is 17.6 Å². The van der Waals surface area contributed by atoms with E-state index in [0.717, 1.165) is 23.1 Å². The molecule has 0 spiro atoms. The maximum absolute atomic E-state index is 9.42. The number of rotatable bonds is 7. The zero-order valence-electron chi connectivity index (χ0n) is 16.4. The topological polar surface area (TPSA) is 101 Å². The minimum Gasteiger partial charge on any atom is -0.508 e. The number of phenols is 1. The molecule has 1 aromatic carbocycles. The van der Waals surface area contributed by atoms with Crippen LogP contribution >= 0.6 is 0 Å². The lowest BCUT2D eigenvalue weighted by atomic mass is 10.1. The number of pyridine rings is 1. The molecule has 0 saturated heterocycles. The van der Waals surface area contributed by atoms with E-state index in [0.29, 0.717) is 24.1 Å². The van der Waals surface area contributed by atoms with Gasteiger partial charge in [0, 0.05) is 18.8 Å². The molecule has 0 aliphatic rings. The number of nitrogens with zero attached hydrogens (tertiary/aromatic N) is 5. The Morgan fingerprint density at radius 1 is 1.03 bits per heavy atom. The van der Waals surface area contributed by atoms with Crippen molar-refractivity contribution in [2.24, 2.45) is 0 Å². The summed E-state index contributed by atoms with van der Waals surface area (Å²) in [7, 11) is 0. The standard InChI is InChI=1S/C21H23N7O/c1-14(2)28-13-24-18-19(23-12-10-15-6-8-16(29)9-7-15)26-21(27-20(18)28)25-17-5-3-4-11-22-17/h3-9,11,13-14,29H,10,12H2,1-2H3,(H2,22,23,25,26,27). The summed E-state index contributed by atoms with van der Waals surface area (Å²) in [4.78, 5) is 18.1. The maximum Gasteiger partial charge on any atom is 0.232 e. The number of aromatic hydroxyl groups is 1. The number of hydrogen-bond donors (Lipinski definition) is 3. The second-order valence-corrected chi connectivity index (χ2v) is 7.00. The van der Waals surface area contributed by atoms with Crippen molar-refractivity contribution in [1.29, 1.82) is 0 Å². The second-order valence-electron chi connectivity index (χ2n) is 7.00. The van der Waals surface area contributed by atoms with Gasteiger partial charge in [-0.3, -0.25) is 0 Å². The monoisotopic (exact) mass is 389 g/mol. The number of phenolic OH excluding ortho intramolecular Hbond substituents is 1. The first-order valence-electron chi connectivity index (χ1n) is 9.54. The van der Waals surface area contributed by atoms with E-state index in [2.05, 4.69) is 44.4 Å². The molecule has 148 valence electrons. The summed E-state index contributed by atoms with van der Waals surface area (Å²) < 4.78 is 2.02. The summed E-state index contributed by atoms with van der Waals surface area (Å²) in [5.41, 5.74) is 2.62. The average Bonchev–Trinajstić information content (AvgIpc) is 3.15. The highest BCUT2D eigenvalue weighted by molar-refractivity contribution is 5.84. The smallest absolute Gasteiger partial charge is 0.232 e. The fourth-order valence-electron chi connectivity index (χ4n) is 3.01. The van der Waals surface area contributed by atoms with Gasteiger partial charge in [0.25, 0.3) is 0 Å². The van der Waals surface area contributed by atoms with Gasteiger partial charge in [-0.15, -0.1) is 0 Å². The Kier molecular flexibility index (Phi) is 5.24. The van der Waals surface area contributed by atoms with Gasteiger partial charge in [-0.2, -0.15) is 9.97 Å². The SMILES string of the molecule is CC(C)n1cnc2c(NCCc3ccc(O)cc3)nc(Nc3ccccn3)nc21. The van der Waals surface area contributed by atoms with E-state index in [1.165, 1.54) is 0 Å². The highest BCUT2D eigenvalue weighted by atomic mass is 16.3. The molecule has 0 fully saturated rings. The number of nitrogens with one attached hydrogen (secondary N) is 2. The molecular weight excluding hydrogens is 366 g/mol. The molecule has 0 bridgehead atoms. The summed E-state index contributed by atoms with van der Waals surface area (Å²) in [6.07, 6.45) is 4.30. The predicted molar refractivity (Wildman–Crippen MR) is 114 cm³/mol. The fraction of sp³-hybridized carbons (Fsp3) is 0.238. The van der Waals surface area contributed by atoms with Crippen LogP contribution in [0.2, 0.25) is 0 Å². The van der Waals surface area contributed by atoms with Crippen molar-refractivity contribution in [3.63, 3.8) is 0 Å². The second kappa shape index (κ2) is 8.14. The van der Waals surface area contributed by atoms with E-state index in [1.807, 2.05) is 34.9 Å². The van der Waals surface area contributed by atoms with E-state index < -0.39 is 0 Å². The molecule has 0 radical (unpaired) electrons. The van der Waals surface area contributed by atoms with Crippen molar-refractivity contribution in [2.75, 3.05) is 17.2 Å². The van der Waals surface area contributed by atoms with Gasteiger partial charge in [0.2, 0.25) is 5.95 Å². The quantitative estimate of drug-likeness (QED) is 0.440. The van der Waals surface area contributed by atoms with Gasteiger partial charge in [-0.05, 0) is 50.1 Å². The highest BCUT2D eigenvalue weighted by Crippen LogP contribution is 2.24. The van der Waals surface area contributed by atoms with Gasteiger partial charge < -0.3 is 20.3 Å². The Bertz CT molecular complexity index is 1090. The molecule has 4 rings (SSSR count). The summed E-state index contributed by atoms with van der Waals surface area (Å²) in [5.74, 6) is 2.08. The molecule has 3 N–H and O–H groups in total. The zero-order valence-corrected chi connectivity index (χ0v) is 16.4. The molecule has 0 amide bonds. The van der Waals surface area contributed by atoms with E-state index in [1.54, 1.807) is 24.7 Å². The molecule has 4 aromatic rings. The average molecular weight is 389 g/mol. The van der Waals surface area contributed by atoms with Crippen molar-refractivity contribution in [3.8, 4) is 5.75 Å². The van der Waals surface area contributed by atoms with Crippen LogP contribution < -0.4 is 10.6 Å². The lowest BCUT2D eigenvalue weighted by molar-refractivity contribution is 0.475. The van der Waals surface area contributed by atoms with Crippen LogP contribution in [0.1, 0.15) is 25.5 Å². The third-order valence-electron chi connectivity index (χ3n) is 4.52. The van der Waals surface area contributed by atoms with Crippen molar-refractivity contribution in [2.45, 2.75) is 26.3 Å². The Hall–Kier alpha value is -3.68. The molecule has 0 unspecified atom stereocenters. The Morgan fingerprint density at radius 2 is 1.86 bits per heavy atom. The van der Waals surface area contributed by atoms with Crippen molar-refractivity contribution >= 4 is 28.7 Å². The molecule has 0 aliphatic carbocycles. The first-order chi connectivity index (χ1) is 14.1. The number of aromatic nitrogens is 5. The lowest BCUT2D eigenvalue weighted by Gasteiger charge is -2.12. The first-order valence-corrected chi connectivity index (χ1v) is 9.54. The summed E-state index contributed by atoms with van der Waals surface area (Å²) >= 11 is 0. The summed E-state index contributed by atoms with van der Waals surface area (Å²) in [6.45, 7) is 4.86. The number of benzene rings is 1. The fourth-order valence-corrected chi connectivity index (χ4v) is 3.01. The van der Waals surface area contributed by atoms with E-state index >= 15 is 0 Å². The Balaban J connectivity index is 1.61. The molecule has 3 aromatic heterocycles. The highest BCUT2D eigenvalue weighted by Gasteiger charge is 2.15. The lowest BCUT2D eigenvalue weighted by Crippen LogP contribution is -2.10. The predicted octanol–water partition coefficient (Wildman–Crippen LogP) is 3.91. The van der Waals surface area contributed by atoms with Crippen LogP contribution in [-0.2, 0) is 6.42 Å². The summed E-state index contributed by atoms with van der Waals surface area (Å²) in [5, 5.41) is 16.0. The van der Waals surface area contributed by atoms with E-state index in [9.17, 15) is 5.11 Å². The molecule has 8 heteroatoms. The van der Waals surface area contributed by atoms with Crippen LogP contribution in [0.5, 0.6) is 5.75 Å². The van der Waals surface area contributed by atoms with Crippen LogP contribution in [0.15, 0.2) is 55.0 Å². The van der Waals surface area contributed by atoms with Crippen LogP contribution in [0, 0.1) is 0 Å². The Morgan fingerprint density at radius 3 is 2.59 bits per heavy atom. The van der Waals surface area contributed by atoms with Crippen molar-refractivity contribution < 1.29 is 5.11 Å². The zero-order chi connectivity index (χ0) is 20.2. The van der Waals surface area contributed by atoms with Crippen molar-refractivity contribution in [1.82, 2.24) is 24.5 Å². The minimum absolute atomic E-state index is 0.224. The van der Waals surface area contributed by atoms with Gasteiger partial charge >= 0.3 is 0 Å². The molecular formula is C21H23N7O. The van der Waals surface area contributed by atoms with Gasteiger partial charge in [0.1, 0.15) is 11.6 Å². The molecule has 0 aliphatic heterocycles. The number of hydrogen-bond acceptors (Lipinski definition) is 7. The summed E-state index contributed by atoms with van der Waals surface area (Å²) in [6, 6.07) is 13.1. The normalized spacial score (nSPS) is 11.1. The molecule has 29 heavy (non-hydrogen) atoms. The first kappa shape index (κ1) is 18.7. The van der Waals surface area contributed by atoms with Gasteiger partial charge in [-0.1, -0.05) is 18.2 Å². The maximum atomic E-state index is 9.42. The van der Waals surface area contributed by atoms with Crippen molar-refractivity contribution in [3.05, 3.63) is 60.6 Å². The van der Waals surface area contributed by atoms with Gasteiger partial charge in [0.15, 0.2) is 17.0 Å². The van der Waals surface area contributed by atoms with Gasteiger partial charge in [-0.25, -0.2) is 9.97 Å². The van der Waals surface area contributed by atoms with E-state index in [-0.39, 0.29) is 11.8 Å². The molecule has 0 saturated carbocycles. The minimum atomic E-state index is 0.224. The molecule has 3 heterocycles. The third kappa shape index (κ3) is 4.26. The van der Waals surface area contributed by atoms with Crippen LogP contribution in [0.3, 0.4) is 0 Å². The molecule has 8 nitrogen and oxygen atoms in total. The number of fused-ring (bicyclic) bond motifs is 1. The number of imidazole rings is 1. The Labute approximate surface area is 168 Å². The largest absolute Gasteiger partial charge is 0.508 e.